The third kappa shape index (κ3) is 3.84. The summed E-state index contributed by atoms with van der Waals surface area (Å²) in [5.74, 6) is 0.227. The lowest BCUT2D eigenvalue weighted by Crippen LogP contribution is -2.45. The maximum absolute atomic E-state index is 12.0. The number of rotatable bonds is 4. The smallest absolute Gasteiger partial charge is 0.351 e. The molecule has 1 aliphatic rings. The van der Waals surface area contributed by atoms with Crippen molar-refractivity contribution in [3.63, 3.8) is 0 Å². The van der Waals surface area contributed by atoms with Crippen LogP contribution in [0.4, 0.5) is 5.82 Å². The Morgan fingerprint density at radius 2 is 2.13 bits per heavy atom. The molecule has 0 spiro atoms. The lowest BCUT2D eigenvalue weighted by molar-refractivity contribution is -0.0196. The van der Waals surface area contributed by atoms with Crippen molar-refractivity contribution in [2.45, 2.75) is 77.1 Å². The van der Waals surface area contributed by atoms with E-state index in [4.69, 9.17) is 14.9 Å². The van der Waals surface area contributed by atoms with Crippen molar-refractivity contribution in [3.05, 3.63) is 22.7 Å². The predicted molar refractivity (Wildman–Crippen MR) is 93.8 cm³/mol. The molecule has 2 heterocycles. The van der Waals surface area contributed by atoms with Gasteiger partial charge in [0.05, 0.1) is 12.2 Å². The molecule has 1 fully saturated rings. The topological polar surface area (TPSA) is 79.4 Å². The standard InChI is InChI=1S/C16H29N3O3Si/c1-7-11-12(22-23(5,6)16(2,3)4)10-14(21-11)19-9-8-13(17)18-15(19)20/h8-9,11-12,14H,7,10H2,1-6H3,(H2,17,18,20)/t11-,12?,14-/m1/s1. The number of anilines is 1. The number of hydrogen-bond donors (Lipinski definition) is 1. The Hall–Kier alpha value is -1.18. The van der Waals surface area contributed by atoms with Crippen LogP contribution in [-0.4, -0.2) is 30.1 Å². The van der Waals surface area contributed by atoms with Gasteiger partial charge in [0.1, 0.15) is 12.0 Å². The van der Waals surface area contributed by atoms with E-state index in [0.717, 1.165) is 6.42 Å². The van der Waals surface area contributed by atoms with E-state index in [2.05, 4.69) is 45.8 Å². The summed E-state index contributed by atoms with van der Waals surface area (Å²) in [5.41, 5.74) is 5.18. The lowest BCUT2D eigenvalue weighted by atomic mass is 10.1. The van der Waals surface area contributed by atoms with Crippen molar-refractivity contribution in [2.75, 3.05) is 5.73 Å². The molecule has 0 bridgehead atoms. The third-order valence-electron chi connectivity index (χ3n) is 5.00. The first-order valence-electron chi connectivity index (χ1n) is 8.23. The maximum atomic E-state index is 12.0. The second-order valence-corrected chi connectivity index (χ2v) is 12.5. The molecule has 0 aliphatic carbocycles. The molecular formula is C16H29N3O3Si. The quantitative estimate of drug-likeness (QED) is 0.853. The Balaban J connectivity index is 2.19. The highest BCUT2D eigenvalue weighted by Gasteiger charge is 2.44. The molecule has 23 heavy (non-hydrogen) atoms. The fraction of sp³-hybridized carbons (Fsp3) is 0.750. The molecule has 1 aliphatic heterocycles. The van der Waals surface area contributed by atoms with Crippen LogP contribution in [0.15, 0.2) is 17.1 Å². The second-order valence-electron chi connectivity index (χ2n) is 7.73. The molecule has 0 amide bonds. The van der Waals surface area contributed by atoms with E-state index >= 15 is 0 Å². The third-order valence-corrected chi connectivity index (χ3v) is 9.50. The SMILES string of the molecule is CC[C@H]1O[C@@H](n2ccc(N)nc2=O)CC1O[Si](C)(C)C(C)(C)C. The Morgan fingerprint density at radius 3 is 2.65 bits per heavy atom. The Kier molecular flexibility index (Phi) is 5.03. The molecule has 2 rings (SSSR count). The van der Waals surface area contributed by atoms with Crippen LogP contribution in [0.2, 0.25) is 18.1 Å². The molecule has 1 unspecified atom stereocenters. The average Bonchev–Trinajstić information content (AvgIpc) is 2.79. The Labute approximate surface area is 139 Å². The fourth-order valence-corrected chi connectivity index (χ4v) is 3.92. The van der Waals surface area contributed by atoms with Crippen molar-refractivity contribution in [3.8, 4) is 0 Å². The molecule has 3 atom stereocenters. The molecule has 1 aromatic heterocycles. The Bertz CT molecular complexity index is 609. The molecule has 0 saturated carbocycles. The van der Waals surface area contributed by atoms with E-state index in [1.165, 1.54) is 4.57 Å². The highest BCUT2D eigenvalue weighted by molar-refractivity contribution is 6.74. The molecule has 7 heteroatoms. The number of aromatic nitrogens is 2. The van der Waals surface area contributed by atoms with Crippen LogP contribution in [-0.2, 0) is 9.16 Å². The van der Waals surface area contributed by atoms with E-state index in [1.807, 2.05) is 0 Å². The van der Waals surface area contributed by atoms with Crippen LogP contribution < -0.4 is 11.4 Å². The lowest BCUT2D eigenvalue weighted by Gasteiger charge is -2.39. The van der Waals surface area contributed by atoms with Gasteiger partial charge in [0, 0.05) is 12.6 Å². The van der Waals surface area contributed by atoms with Crippen molar-refractivity contribution in [1.82, 2.24) is 9.55 Å². The summed E-state index contributed by atoms with van der Waals surface area (Å²) in [7, 11) is -1.88. The summed E-state index contributed by atoms with van der Waals surface area (Å²) >= 11 is 0. The Morgan fingerprint density at radius 1 is 1.48 bits per heavy atom. The van der Waals surface area contributed by atoms with E-state index in [0.29, 0.717) is 6.42 Å². The number of nitrogen functional groups attached to an aromatic ring is 1. The molecule has 0 aromatic carbocycles. The van der Waals surface area contributed by atoms with Gasteiger partial charge in [0.2, 0.25) is 0 Å². The predicted octanol–water partition coefficient (Wildman–Crippen LogP) is 2.91. The van der Waals surface area contributed by atoms with Crippen LogP contribution in [0, 0.1) is 0 Å². The zero-order chi connectivity index (χ0) is 17.4. The van der Waals surface area contributed by atoms with E-state index in [9.17, 15) is 4.79 Å². The summed E-state index contributed by atoms with van der Waals surface area (Å²) < 4.78 is 14.1. The molecule has 1 aromatic rings. The van der Waals surface area contributed by atoms with Crippen molar-refractivity contribution >= 4 is 14.1 Å². The summed E-state index contributed by atoms with van der Waals surface area (Å²) in [6.45, 7) is 13.2. The minimum atomic E-state index is -1.88. The summed E-state index contributed by atoms with van der Waals surface area (Å²) in [5, 5.41) is 0.142. The van der Waals surface area contributed by atoms with Gasteiger partial charge >= 0.3 is 5.69 Å². The number of ether oxygens (including phenoxy) is 1. The summed E-state index contributed by atoms with van der Waals surface area (Å²) in [6, 6.07) is 1.62. The van der Waals surface area contributed by atoms with E-state index in [-0.39, 0.29) is 35.0 Å². The van der Waals surface area contributed by atoms with Gasteiger partial charge in [-0.15, -0.1) is 0 Å². The first kappa shape index (κ1) is 18.2. The molecule has 130 valence electrons. The van der Waals surface area contributed by atoms with Crippen LogP contribution in [0.3, 0.4) is 0 Å². The zero-order valence-corrected chi connectivity index (χ0v) is 16.0. The van der Waals surface area contributed by atoms with Gasteiger partial charge in [-0.2, -0.15) is 4.98 Å². The number of nitrogens with two attached hydrogens (primary N) is 1. The van der Waals surface area contributed by atoms with Crippen molar-refractivity contribution < 1.29 is 9.16 Å². The average molecular weight is 340 g/mol. The van der Waals surface area contributed by atoms with Crippen LogP contribution in [0.5, 0.6) is 0 Å². The summed E-state index contributed by atoms with van der Waals surface area (Å²) in [4.78, 5) is 15.8. The van der Waals surface area contributed by atoms with Gasteiger partial charge < -0.3 is 14.9 Å². The highest BCUT2D eigenvalue weighted by Crippen LogP contribution is 2.41. The highest BCUT2D eigenvalue weighted by atomic mass is 28.4. The van der Waals surface area contributed by atoms with Crippen LogP contribution in [0.25, 0.3) is 0 Å². The molecular weight excluding hydrogens is 310 g/mol. The molecule has 0 radical (unpaired) electrons. The number of nitrogens with zero attached hydrogens (tertiary/aromatic N) is 2. The van der Waals surface area contributed by atoms with Crippen LogP contribution >= 0.6 is 0 Å². The fourth-order valence-electron chi connectivity index (χ4n) is 2.56. The minimum absolute atomic E-state index is 0.00132. The first-order chi connectivity index (χ1) is 10.5. The van der Waals surface area contributed by atoms with Crippen LogP contribution in [0.1, 0.15) is 46.8 Å². The summed E-state index contributed by atoms with van der Waals surface area (Å²) in [6.07, 6.45) is 2.84. The first-order valence-corrected chi connectivity index (χ1v) is 11.1. The zero-order valence-electron chi connectivity index (χ0n) is 15.0. The van der Waals surface area contributed by atoms with Gasteiger partial charge in [0.25, 0.3) is 0 Å². The van der Waals surface area contributed by atoms with Gasteiger partial charge in [-0.3, -0.25) is 4.57 Å². The van der Waals surface area contributed by atoms with Crippen molar-refractivity contribution in [2.24, 2.45) is 0 Å². The van der Waals surface area contributed by atoms with E-state index < -0.39 is 8.32 Å². The van der Waals surface area contributed by atoms with Gasteiger partial charge in [-0.1, -0.05) is 27.7 Å². The monoisotopic (exact) mass is 339 g/mol. The molecule has 6 nitrogen and oxygen atoms in total. The largest absolute Gasteiger partial charge is 0.411 e. The van der Waals surface area contributed by atoms with Gasteiger partial charge in [0.15, 0.2) is 8.32 Å². The maximum Gasteiger partial charge on any atom is 0.351 e. The van der Waals surface area contributed by atoms with Crippen molar-refractivity contribution in [1.29, 1.82) is 0 Å². The van der Waals surface area contributed by atoms with E-state index in [1.54, 1.807) is 12.3 Å². The minimum Gasteiger partial charge on any atom is -0.411 e. The van der Waals surface area contributed by atoms with Gasteiger partial charge in [-0.05, 0) is 30.6 Å². The molecule has 1 saturated heterocycles. The number of hydrogen-bond acceptors (Lipinski definition) is 5. The molecule has 2 N–H and O–H groups in total. The second kappa shape index (κ2) is 6.37. The van der Waals surface area contributed by atoms with Gasteiger partial charge in [-0.25, -0.2) is 4.79 Å². The normalized spacial score (nSPS) is 25.7.